The van der Waals surface area contributed by atoms with Crippen molar-refractivity contribution in [1.82, 2.24) is 9.55 Å². The summed E-state index contributed by atoms with van der Waals surface area (Å²) in [7, 11) is 0. The molecule has 2 heterocycles. The monoisotopic (exact) mass is 216 g/mol. The summed E-state index contributed by atoms with van der Waals surface area (Å²) in [6.45, 7) is 0. The minimum absolute atomic E-state index is 0.105. The third kappa shape index (κ3) is 1.98. The van der Waals surface area contributed by atoms with Crippen LogP contribution in [0.4, 0.5) is 13.2 Å². The highest BCUT2D eigenvalue weighted by atomic mass is 19.4. The van der Waals surface area contributed by atoms with E-state index in [2.05, 4.69) is 4.98 Å². The summed E-state index contributed by atoms with van der Waals surface area (Å²) in [5.41, 5.74) is 0. The van der Waals surface area contributed by atoms with Crippen LogP contribution in [-0.4, -0.2) is 9.55 Å². The molecule has 0 amide bonds. The number of rotatable bonds is 2. The molecule has 2 aromatic heterocycles. The largest absolute Gasteiger partial charge is 0.491 e. The lowest BCUT2D eigenvalue weighted by molar-refractivity contribution is -0.205. The van der Waals surface area contributed by atoms with Crippen molar-refractivity contribution in [2.24, 2.45) is 0 Å². The second-order valence-corrected chi connectivity index (χ2v) is 2.82. The van der Waals surface area contributed by atoms with E-state index in [1.54, 1.807) is 12.3 Å². The van der Waals surface area contributed by atoms with E-state index in [4.69, 9.17) is 4.74 Å². The van der Waals surface area contributed by atoms with Crippen molar-refractivity contribution >= 4 is 0 Å². The summed E-state index contributed by atoms with van der Waals surface area (Å²) >= 11 is 0. The highest BCUT2D eigenvalue weighted by Gasteiger charge is 2.32. The summed E-state index contributed by atoms with van der Waals surface area (Å²) in [6, 6.07) is 5.68. The van der Waals surface area contributed by atoms with Crippen LogP contribution in [0.25, 0.3) is 0 Å². The first kappa shape index (κ1) is 9.70. The van der Waals surface area contributed by atoms with Gasteiger partial charge in [0, 0.05) is 24.5 Å². The second-order valence-electron chi connectivity index (χ2n) is 2.82. The molecule has 0 spiro atoms. The van der Waals surface area contributed by atoms with Crippen LogP contribution in [-0.2, 0) is 6.30 Å². The molecule has 0 aliphatic rings. The minimum Gasteiger partial charge on any atom is -0.424 e. The lowest BCUT2D eigenvalue weighted by Gasteiger charge is -2.11. The predicted molar refractivity (Wildman–Crippen MR) is 46.6 cm³/mol. The summed E-state index contributed by atoms with van der Waals surface area (Å²) in [6.07, 6.45) is -2.00. The van der Waals surface area contributed by atoms with Gasteiger partial charge >= 0.3 is 6.30 Å². The molecule has 0 radical (unpaired) electrons. The van der Waals surface area contributed by atoms with Crippen molar-refractivity contribution in [2.45, 2.75) is 6.30 Å². The number of hydrogen-bond donors (Lipinski definition) is 1. The predicted octanol–water partition coefficient (Wildman–Crippen LogP) is 3.08. The Hall–Kier alpha value is -1.85. The number of halogens is 3. The van der Waals surface area contributed by atoms with Gasteiger partial charge in [0.2, 0.25) is 5.88 Å². The van der Waals surface area contributed by atoms with Crippen LogP contribution in [0.2, 0.25) is 0 Å². The molecule has 0 aliphatic carbocycles. The van der Waals surface area contributed by atoms with Gasteiger partial charge in [-0.25, -0.2) is 4.57 Å². The Morgan fingerprint density at radius 1 is 1.20 bits per heavy atom. The van der Waals surface area contributed by atoms with Gasteiger partial charge in [-0.1, -0.05) is 0 Å². The van der Waals surface area contributed by atoms with Crippen LogP contribution in [0.1, 0.15) is 0 Å². The molecule has 0 saturated carbocycles. The van der Waals surface area contributed by atoms with Crippen LogP contribution in [0.5, 0.6) is 11.8 Å². The highest BCUT2D eigenvalue weighted by molar-refractivity contribution is 5.22. The first-order valence-corrected chi connectivity index (χ1v) is 4.13. The maximum Gasteiger partial charge on any atom is 0.491 e. The third-order valence-electron chi connectivity index (χ3n) is 1.77. The number of ether oxygens (including phenoxy) is 1. The van der Waals surface area contributed by atoms with Crippen LogP contribution in [0.15, 0.2) is 36.7 Å². The Morgan fingerprint density at radius 3 is 2.60 bits per heavy atom. The molecule has 0 bridgehead atoms. The van der Waals surface area contributed by atoms with E-state index in [1.165, 1.54) is 18.2 Å². The van der Waals surface area contributed by atoms with Gasteiger partial charge in [0.05, 0.1) is 0 Å². The molecule has 80 valence electrons. The summed E-state index contributed by atoms with van der Waals surface area (Å²) in [5, 5.41) is 0. The molecule has 1 N–H and O–H groups in total. The van der Waals surface area contributed by atoms with Crippen LogP contribution >= 0.6 is 0 Å². The zero-order chi connectivity index (χ0) is 10.9. The van der Waals surface area contributed by atoms with Crippen LogP contribution in [0, 0.1) is 0 Å². The number of nitrogens with one attached hydrogen (secondary N) is 1. The summed E-state index contributed by atoms with van der Waals surface area (Å²) in [5.74, 6) is -0.0100. The van der Waals surface area contributed by atoms with Gasteiger partial charge in [0.15, 0.2) is 5.88 Å². The van der Waals surface area contributed by atoms with Gasteiger partial charge in [0.1, 0.15) is 0 Å². The Balaban J connectivity index is 2.26. The van der Waals surface area contributed by atoms with E-state index in [9.17, 15) is 13.2 Å². The maximum atomic E-state index is 12.4. The molecule has 0 unspecified atom stereocenters. The van der Waals surface area contributed by atoms with E-state index in [-0.39, 0.29) is 16.3 Å². The smallest absolute Gasteiger partial charge is 0.424 e. The number of alkyl halides is 3. The summed E-state index contributed by atoms with van der Waals surface area (Å²) < 4.78 is 42.3. The molecule has 2 rings (SSSR count). The fraction of sp³-hybridized carbons (Fsp3) is 0.111. The van der Waals surface area contributed by atoms with Gasteiger partial charge < -0.3 is 9.72 Å². The Bertz CT molecular complexity index is 430. The van der Waals surface area contributed by atoms with Gasteiger partial charge in [-0.15, -0.1) is 13.2 Å². The highest BCUT2D eigenvalue weighted by Crippen LogP contribution is 2.30. The molecule has 2 aromatic rings. The number of aromatic nitrogens is 2. The van der Waals surface area contributed by atoms with E-state index >= 15 is 0 Å². The normalized spacial score (nSPS) is 11.7. The molecular weight excluding hydrogens is 209 g/mol. The van der Waals surface area contributed by atoms with Crippen molar-refractivity contribution in [2.75, 3.05) is 0 Å². The molecule has 3 nitrogen and oxygen atoms in total. The first-order chi connectivity index (χ1) is 7.07. The zero-order valence-corrected chi connectivity index (χ0v) is 7.45. The molecule has 15 heavy (non-hydrogen) atoms. The Kier molecular flexibility index (Phi) is 2.18. The number of nitrogens with zero attached hydrogens (tertiary/aromatic N) is 1. The van der Waals surface area contributed by atoms with Crippen molar-refractivity contribution < 1.29 is 17.9 Å². The topological polar surface area (TPSA) is 29.9 Å². The van der Waals surface area contributed by atoms with E-state index < -0.39 is 6.30 Å². The van der Waals surface area contributed by atoms with Crippen molar-refractivity contribution in [3.05, 3.63) is 36.7 Å². The molecule has 0 atom stereocenters. The number of H-pyrrole nitrogens is 1. The lowest BCUT2D eigenvalue weighted by atomic mass is 10.6. The van der Waals surface area contributed by atoms with E-state index in [0.717, 1.165) is 6.20 Å². The molecular formula is C9H7F3N2O. The van der Waals surface area contributed by atoms with Crippen molar-refractivity contribution in [3.8, 4) is 11.8 Å². The second kappa shape index (κ2) is 3.38. The number of hydrogen-bond acceptors (Lipinski definition) is 1. The zero-order valence-electron chi connectivity index (χ0n) is 7.45. The third-order valence-corrected chi connectivity index (χ3v) is 1.77. The van der Waals surface area contributed by atoms with E-state index in [0.29, 0.717) is 0 Å². The SMILES string of the molecule is FC(F)(F)n1cccc1Oc1ccc[nH]1. The average Bonchev–Trinajstić information content (AvgIpc) is 2.73. The first-order valence-electron chi connectivity index (χ1n) is 4.13. The standard InChI is InChI=1S/C9H7F3N2O/c10-9(11,12)14-6-2-4-8(14)15-7-3-1-5-13-7/h1-6,13H. The van der Waals surface area contributed by atoms with Crippen LogP contribution < -0.4 is 4.74 Å². The molecule has 0 aliphatic heterocycles. The van der Waals surface area contributed by atoms with E-state index in [1.807, 2.05) is 0 Å². The van der Waals surface area contributed by atoms with Crippen molar-refractivity contribution in [1.29, 1.82) is 0 Å². The Labute approximate surface area is 83.1 Å². The Morgan fingerprint density at radius 2 is 2.00 bits per heavy atom. The fourth-order valence-electron chi connectivity index (χ4n) is 1.15. The van der Waals surface area contributed by atoms with Crippen LogP contribution in [0.3, 0.4) is 0 Å². The number of aromatic amines is 1. The average molecular weight is 216 g/mol. The quantitative estimate of drug-likeness (QED) is 0.821. The van der Waals surface area contributed by atoms with Gasteiger partial charge in [-0.2, -0.15) is 0 Å². The minimum atomic E-state index is -4.47. The van der Waals surface area contributed by atoms with Gasteiger partial charge in [-0.3, -0.25) is 0 Å². The maximum absolute atomic E-state index is 12.4. The molecule has 0 saturated heterocycles. The molecule has 0 fully saturated rings. The molecule has 6 heteroatoms. The fourth-order valence-corrected chi connectivity index (χ4v) is 1.15. The van der Waals surface area contributed by atoms with Crippen molar-refractivity contribution in [3.63, 3.8) is 0 Å². The van der Waals surface area contributed by atoms with Gasteiger partial charge in [0.25, 0.3) is 0 Å². The molecule has 0 aromatic carbocycles. The summed E-state index contributed by atoms with van der Waals surface area (Å²) in [4.78, 5) is 2.65. The lowest BCUT2D eigenvalue weighted by Crippen LogP contribution is -2.16. The van der Waals surface area contributed by atoms with Gasteiger partial charge in [-0.05, 0) is 12.1 Å².